The first-order chi connectivity index (χ1) is 17.2. The zero-order chi connectivity index (χ0) is 25.4. The number of aromatic nitrogens is 1. The molecule has 0 saturated carbocycles. The van der Waals surface area contributed by atoms with E-state index in [2.05, 4.69) is 16.1 Å². The number of carbonyl (C=O) groups excluding carboxylic acids is 1. The Hall–Kier alpha value is -4.26. The second kappa shape index (κ2) is 9.07. The quantitative estimate of drug-likeness (QED) is 0.368. The Bertz CT molecular complexity index is 1700. The lowest BCUT2D eigenvalue weighted by Crippen LogP contribution is -2.33. The van der Waals surface area contributed by atoms with Crippen LogP contribution in [-0.2, 0) is 23.4 Å². The van der Waals surface area contributed by atoms with E-state index in [1.165, 1.54) is 22.9 Å². The van der Waals surface area contributed by atoms with E-state index in [1.807, 2.05) is 42.5 Å². The summed E-state index contributed by atoms with van der Waals surface area (Å²) >= 11 is 0. The number of nitriles is 1. The van der Waals surface area contributed by atoms with Crippen LogP contribution in [0.1, 0.15) is 27.2 Å². The maximum Gasteiger partial charge on any atom is 0.272 e. The first kappa shape index (κ1) is 23.5. The third-order valence-corrected chi connectivity index (χ3v) is 7.72. The van der Waals surface area contributed by atoms with Crippen molar-refractivity contribution < 1.29 is 13.4 Å². The molecule has 5 rings (SSSR count). The van der Waals surface area contributed by atoms with Crippen molar-refractivity contribution in [3.05, 3.63) is 101 Å². The molecule has 0 bridgehead atoms. The molecule has 0 aliphatic carbocycles. The van der Waals surface area contributed by atoms with Crippen molar-refractivity contribution in [2.24, 2.45) is 7.05 Å². The molecule has 2 atom stereocenters. The number of halogens is 1. The first-order valence-electron chi connectivity index (χ1n) is 11.2. The van der Waals surface area contributed by atoms with Gasteiger partial charge in [-0.15, -0.1) is 0 Å². The average molecular weight is 500 g/mol. The van der Waals surface area contributed by atoms with Crippen molar-refractivity contribution in [2.45, 2.75) is 17.4 Å². The largest absolute Gasteiger partial charge is 0.345 e. The zero-order valence-corrected chi connectivity index (χ0v) is 20.1. The fourth-order valence-electron chi connectivity index (χ4n) is 4.43. The second-order valence-corrected chi connectivity index (χ2v) is 10.4. The summed E-state index contributed by atoms with van der Waals surface area (Å²) < 4.78 is 40.1. The van der Waals surface area contributed by atoms with E-state index in [0.29, 0.717) is 12.0 Å². The molecular weight excluding hydrogens is 477 g/mol. The van der Waals surface area contributed by atoms with Gasteiger partial charge in [0.25, 0.3) is 5.91 Å². The maximum atomic E-state index is 13.7. The third-order valence-electron chi connectivity index (χ3n) is 6.14. The number of hydrogen-bond acceptors (Lipinski definition) is 4. The lowest BCUT2D eigenvalue weighted by Gasteiger charge is -2.15. The number of nitrogens with zero attached hydrogens (tertiary/aromatic N) is 2. The van der Waals surface area contributed by atoms with Gasteiger partial charge in [0.15, 0.2) is 0 Å². The fraction of sp³-hybridized carbons (Fsp3) is 0.111. The molecule has 3 aromatic carbocycles. The molecule has 0 spiro atoms. The fourth-order valence-corrected chi connectivity index (χ4v) is 5.92. The minimum Gasteiger partial charge on any atom is -0.345 e. The molecule has 3 N–H and O–H groups in total. The van der Waals surface area contributed by atoms with Crippen molar-refractivity contribution in [1.82, 2.24) is 9.29 Å². The van der Waals surface area contributed by atoms with Gasteiger partial charge in [0, 0.05) is 30.5 Å². The summed E-state index contributed by atoms with van der Waals surface area (Å²) in [6.45, 7) is 0. The van der Waals surface area contributed by atoms with Crippen LogP contribution in [0.25, 0.3) is 16.8 Å². The molecule has 7 nitrogen and oxygen atoms in total. The summed E-state index contributed by atoms with van der Waals surface area (Å²) in [5, 5.41) is 14.0. The van der Waals surface area contributed by atoms with Gasteiger partial charge >= 0.3 is 0 Å². The van der Waals surface area contributed by atoms with Gasteiger partial charge in [0.1, 0.15) is 27.5 Å². The molecule has 9 heteroatoms. The summed E-state index contributed by atoms with van der Waals surface area (Å²) in [5.74, 6) is -1.20. The molecule has 1 aliphatic heterocycles. The molecular formula is C27H22FN5O2S. The Labute approximate surface area is 208 Å². The highest BCUT2D eigenvalue weighted by atomic mass is 32.2. The predicted octanol–water partition coefficient (Wildman–Crippen LogP) is 4.99. The number of fused-ring (bicyclic) bond motifs is 2. The monoisotopic (exact) mass is 499 g/mol. The van der Waals surface area contributed by atoms with E-state index in [0.717, 1.165) is 22.4 Å². The highest BCUT2D eigenvalue weighted by molar-refractivity contribution is 7.90. The van der Waals surface area contributed by atoms with E-state index in [-0.39, 0.29) is 27.9 Å². The minimum absolute atomic E-state index is 0.187. The van der Waals surface area contributed by atoms with Crippen LogP contribution < -0.4 is 10.0 Å². The van der Waals surface area contributed by atoms with Gasteiger partial charge in [-0.1, -0.05) is 54.6 Å². The highest BCUT2D eigenvalue weighted by Gasteiger charge is 2.28. The molecule has 1 aromatic heterocycles. The summed E-state index contributed by atoms with van der Waals surface area (Å²) in [7, 11) is -1.79. The molecule has 180 valence electrons. The number of carbonyl (C=O) groups is 1. The number of hydrogen-bond donors (Lipinski definition) is 3. The van der Waals surface area contributed by atoms with Crippen LogP contribution in [0.3, 0.4) is 0 Å². The Morgan fingerprint density at radius 2 is 1.97 bits per heavy atom. The normalized spacial score (nSPS) is 18.9. The second-order valence-electron chi connectivity index (χ2n) is 8.65. The summed E-state index contributed by atoms with van der Waals surface area (Å²) in [6, 6.07) is 19.2. The number of benzene rings is 3. The van der Waals surface area contributed by atoms with E-state index in [4.69, 9.17) is 10.0 Å². The van der Waals surface area contributed by atoms with E-state index in [9.17, 15) is 13.4 Å². The number of amides is 1. The smallest absolute Gasteiger partial charge is 0.272 e. The van der Waals surface area contributed by atoms with Crippen molar-refractivity contribution in [1.29, 1.82) is 10.0 Å². The lowest BCUT2D eigenvalue weighted by atomic mass is 10.0. The van der Waals surface area contributed by atoms with Gasteiger partial charge in [-0.3, -0.25) is 4.79 Å². The van der Waals surface area contributed by atoms with Gasteiger partial charge in [-0.05, 0) is 41.0 Å². The summed E-state index contributed by atoms with van der Waals surface area (Å²) in [4.78, 5) is 13.4. The van der Waals surface area contributed by atoms with Crippen LogP contribution in [-0.4, -0.2) is 20.7 Å². The summed E-state index contributed by atoms with van der Waals surface area (Å²) in [6.07, 6.45) is 5.57. The molecule has 0 fully saturated rings. The van der Waals surface area contributed by atoms with Gasteiger partial charge < -0.3 is 9.88 Å². The van der Waals surface area contributed by atoms with Crippen molar-refractivity contribution in [3.8, 4) is 6.07 Å². The van der Waals surface area contributed by atoms with Gasteiger partial charge in [0.2, 0.25) is 0 Å². The van der Waals surface area contributed by atoms with Crippen LogP contribution in [0.5, 0.6) is 0 Å². The highest BCUT2D eigenvalue weighted by Crippen LogP contribution is 2.28. The van der Waals surface area contributed by atoms with E-state index < -0.39 is 21.6 Å². The van der Waals surface area contributed by atoms with Crippen molar-refractivity contribution in [2.75, 3.05) is 5.32 Å². The number of rotatable bonds is 4. The van der Waals surface area contributed by atoms with Gasteiger partial charge in [-0.2, -0.15) is 5.26 Å². The number of anilines is 1. The zero-order valence-electron chi connectivity index (χ0n) is 19.3. The van der Waals surface area contributed by atoms with Crippen LogP contribution >= 0.6 is 0 Å². The average Bonchev–Trinajstić information content (AvgIpc) is 3.14. The standard InChI is InChI=1S/C27H22FN5O2S/c1-33-16-25-23(26(33)27(34)31-21-9-11-24(28)20(14-21)15-29)10-8-22(32-36(25,30)35)13-17-6-7-18-4-2-3-5-19(18)12-17/h2-12,14,16,22H,13H2,1H3,(H,31,34)(H2,30,32,35)/t22-,36?/m0/s1. The molecule has 1 amide bonds. The number of aryl methyl sites for hydroxylation is 1. The van der Waals surface area contributed by atoms with E-state index >= 15 is 0 Å². The SMILES string of the molecule is Cn1cc2c(c1C(=O)Nc1ccc(F)c(C#N)c1)C=C[C@@H](Cc1ccc3ccccc3c1)NS2(=N)=O. The molecule has 4 aromatic rings. The predicted molar refractivity (Wildman–Crippen MR) is 137 cm³/mol. The molecule has 36 heavy (non-hydrogen) atoms. The molecule has 1 unspecified atom stereocenters. The summed E-state index contributed by atoms with van der Waals surface area (Å²) in [5.41, 5.74) is 1.68. The van der Waals surface area contributed by atoms with Gasteiger partial charge in [0.05, 0.1) is 10.5 Å². The van der Waals surface area contributed by atoms with Crippen LogP contribution in [0, 0.1) is 21.9 Å². The van der Waals surface area contributed by atoms with Crippen molar-refractivity contribution in [3.63, 3.8) is 0 Å². The third kappa shape index (κ3) is 4.40. The topological polar surface area (TPSA) is 111 Å². The van der Waals surface area contributed by atoms with E-state index in [1.54, 1.807) is 19.2 Å². The Morgan fingerprint density at radius 1 is 1.19 bits per heavy atom. The molecule has 0 radical (unpaired) electrons. The van der Waals surface area contributed by atoms with Crippen LogP contribution in [0.2, 0.25) is 0 Å². The Balaban J connectivity index is 1.45. The number of nitrogens with one attached hydrogen (secondary N) is 3. The molecule has 1 aliphatic rings. The lowest BCUT2D eigenvalue weighted by molar-refractivity contribution is 0.101. The van der Waals surface area contributed by atoms with Crippen LogP contribution in [0.15, 0.2) is 77.8 Å². The molecule has 2 heterocycles. The van der Waals surface area contributed by atoms with Crippen molar-refractivity contribution >= 4 is 38.4 Å². The minimum atomic E-state index is -3.42. The van der Waals surface area contributed by atoms with Crippen LogP contribution in [0.4, 0.5) is 10.1 Å². The maximum absolute atomic E-state index is 13.7. The molecule has 0 saturated heterocycles. The first-order valence-corrected chi connectivity index (χ1v) is 12.7. The Morgan fingerprint density at radius 3 is 2.75 bits per heavy atom. The Kier molecular flexibility index (Phi) is 5.92. The van der Waals surface area contributed by atoms with Gasteiger partial charge in [-0.25, -0.2) is 18.1 Å².